The highest BCUT2D eigenvalue weighted by molar-refractivity contribution is 6.60. The summed E-state index contributed by atoms with van der Waals surface area (Å²) in [4.78, 5) is 0. The highest BCUT2D eigenvalue weighted by Gasteiger charge is 2.22. The van der Waals surface area contributed by atoms with Gasteiger partial charge in [0, 0.05) is 26.7 Å². The molecule has 0 spiro atoms. The highest BCUT2D eigenvalue weighted by atomic mass is 35.5. The van der Waals surface area contributed by atoms with E-state index in [4.69, 9.17) is 34.8 Å². The van der Waals surface area contributed by atoms with Crippen molar-refractivity contribution in [2.24, 2.45) is 0 Å². The predicted molar refractivity (Wildman–Crippen MR) is 98.7 cm³/mol. The Hall–Kier alpha value is -1.95. The highest BCUT2D eigenvalue weighted by Crippen LogP contribution is 2.34. The monoisotopic (exact) mass is 380 g/mol. The molecule has 0 saturated carbocycles. The van der Waals surface area contributed by atoms with Gasteiger partial charge in [0.15, 0.2) is 5.57 Å². The van der Waals surface area contributed by atoms with Crippen LogP contribution >= 0.6 is 34.8 Å². The van der Waals surface area contributed by atoms with Crippen LogP contribution in [0.4, 0.5) is 0 Å². The van der Waals surface area contributed by atoms with Gasteiger partial charge in [-0.15, -0.1) is 0 Å². The molecular formula is C17H15Cl3N4. The number of nitrogens with zero attached hydrogens (tertiary/aromatic N) is 4. The van der Waals surface area contributed by atoms with E-state index in [2.05, 4.69) is 0 Å². The third kappa shape index (κ3) is 5.03. The quantitative estimate of drug-likeness (QED) is 0.423. The lowest BCUT2D eigenvalue weighted by molar-refractivity contribution is 0.102. The fraction of sp³-hybridized carbons (Fsp3) is 0.176. The second-order valence-electron chi connectivity index (χ2n) is 4.86. The van der Waals surface area contributed by atoms with E-state index in [-0.39, 0.29) is 15.1 Å². The van der Waals surface area contributed by atoms with Gasteiger partial charge in [-0.2, -0.15) is 10.5 Å². The van der Waals surface area contributed by atoms with Gasteiger partial charge in [0.2, 0.25) is 0 Å². The summed E-state index contributed by atoms with van der Waals surface area (Å²) >= 11 is 18.0. The van der Waals surface area contributed by atoms with E-state index in [9.17, 15) is 10.5 Å². The van der Waals surface area contributed by atoms with E-state index in [0.717, 1.165) is 5.56 Å². The zero-order valence-corrected chi connectivity index (χ0v) is 15.7. The van der Waals surface area contributed by atoms with Crippen molar-refractivity contribution in [2.75, 3.05) is 21.1 Å². The molecular weight excluding hydrogens is 367 g/mol. The molecule has 1 rings (SSSR count). The largest absolute Gasteiger partial charge is 0.307 e. The van der Waals surface area contributed by atoms with Crippen LogP contribution in [0.3, 0.4) is 0 Å². The number of hydrazine groups is 1. The number of nitriles is 2. The van der Waals surface area contributed by atoms with Crippen molar-refractivity contribution >= 4 is 40.9 Å². The maximum Gasteiger partial charge on any atom is 0.154 e. The lowest BCUT2D eigenvalue weighted by Gasteiger charge is -2.30. The topological polar surface area (TPSA) is 54.1 Å². The minimum absolute atomic E-state index is 0.0499. The Kier molecular flexibility index (Phi) is 7.85. The fourth-order valence-corrected chi connectivity index (χ4v) is 2.20. The van der Waals surface area contributed by atoms with Crippen LogP contribution in [0.5, 0.6) is 0 Å². The minimum atomic E-state index is -0.154. The molecule has 0 aliphatic rings. The first-order chi connectivity index (χ1) is 11.3. The molecule has 0 aliphatic carbocycles. The van der Waals surface area contributed by atoms with Crippen LogP contribution in [0.25, 0.3) is 6.08 Å². The molecule has 0 aliphatic heterocycles. The molecule has 24 heavy (non-hydrogen) atoms. The van der Waals surface area contributed by atoms with Gasteiger partial charge in [0.1, 0.15) is 16.6 Å². The number of hydrogen-bond acceptors (Lipinski definition) is 4. The van der Waals surface area contributed by atoms with Crippen LogP contribution < -0.4 is 0 Å². The van der Waals surface area contributed by atoms with Crippen LogP contribution in [0.1, 0.15) is 5.56 Å². The first kappa shape index (κ1) is 20.1. The third-order valence-corrected chi connectivity index (χ3v) is 4.12. The molecule has 4 nitrogen and oxygen atoms in total. The molecule has 0 unspecified atom stereocenters. The maximum atomic E-state index is 9.33. The van der Waals surface area contributed by atoms with Gasteiger partial charge in [-0.05, 0) is 11.6 Å². The van der Waals surface area contributed by atoms with Crippen molar-refractivity contribution in [1.82, 2.24) is 10.0 Å². The molecule has 0 amide bonds. The van der Waals surface area contributed by atoms with Gasteiger partial charge in [0.25, 0.3) is 0 Å². The lowest BCUT2D eigenvalue weighted by Crippen LogP contribution is -2.34. The second kappa shape index (κ2) is 9.37. The van der Waals surface area contributed by atoms with Crippen molar-refractivity contribution in [3.8, 4) is 12.1 Å². The van der Waals surface area contributed by atoms with Gasteiger partial charge >= 0.3 is 0 Å². The predicted octanol–water partition coefficient (Wildman–Crippen LogP) is 4.67. The summed E-state index contributed by atoms with van der Waals surface area (Å²) in [6.45, 7) is 0. The second-order valence-corrected chi connectivity index (χ2v) is 6.19. The van der Waals surface area contributed by atoms with Gasteiger partial charge in [-0.3, -0.25) is 0 Å². The van der Waals surface area contributed by atoms with Crippen molar-refractivity contribution < 1.29 is 0 Å². The van der Waals surface area contributed by atoms with Crippen molar-refractivity contribution in [2.45, 2.75) is 0 Å². The standard InChI is InChI=1S/C17H15Cl3N4/c1-23(2)24(3)16(13(10-21)11-22)14(15(18)17(19)20)9-12-7-5-4-6-8-12/h4-9H,1-3H3/b14-9+. The normalized spacial score (nSPS) is 10.6. The molecule has 0 atom stereocenters. The molecule has 1 aromatic rings. The molecule has 7 heteroatoms. The Balaban J connectivity index is 3.77. The molecule has 124 valence electrons. The molecule has 0 radical (unpaired) electrons. The van der Waals surface area contributed by atoms with Crippen LogP contribution in [0, 0.1) is 22.7 Å². The molecule has 0 N–H and O–H groups in total. The van der Waals surface area contributed by atoms with Gasteiger partial charge < -0.3 is 5.01 Å². The molecule has 0 aromatic heterocycles. The molecule has 0 bridgehead atoms. The smallest absolute Gasteiger partial charge is 0.154 e. The minimum Gasteiger partial charge on any atom is -0.307 e. The SMILES string of the molecule is CN(C)N(C)C(=C(C#N)C#N)/C(=C/c1ccccc1)C(Cl)=C(Cl)Cl. The first-order valence-corrected chi connectivity index (χ1v) is 7.90. The molecule has 0 saturated heterocycles. The number of likely N-dealkylation sites (N-methyl/N-ethyl adjacent to an activating group) is 1. The Labute approximate surface area is 157 Å². The van der Waals surface area contributed by atoms with Crippen molar-refractivity contribution in [1.29, 1.82) is 10.5 Å². The van der Waals surface area contributed by atoms with Crippen LogP contribution in [0.15, 0.2) is 56.7 Å². The van der Waals surface area contributed by atoms with Crippen molar-refractivity contribution in [3.05, 3.63) is 62.3 Å². The average Bonchev–Trinajstić information content (AvgIpc) is 2.57. The van der Waals surface area contributed by atoms with E-state index < -0.39 is 0 Å². The van der Waals surface area contributed by atoms with E-state index >= 15 is 0 Å². The summed E-state index contributed by atoms with van der Waals surface area (Å²) in [6, 6.07) is 13.1. The number of halogens is 3. The number of hydrogen-bond donors (Lipinski definition) is 0. The summed E-state index contributed by atoms with van der Waals surface area (Å²) in [5, 5.41) is 22.0. The Morgan fingerprint density at radius 2 is 1.54 bits per heavy atom. The maximum absolute atomic E-state index is 9.33. The number of benzene rings is 1. The van der Waals surface area contributed by atoms with Crippen molar-refractivity contribution in [3.63, 3.8) is 0 Å². The summed E-state index contributed by atoms with van der Waals surface area (Å²) < 4.78 is -0.154. The average molecular weight is 382 g/mol. The van der Waals surface area contributed by atoms with E-state index in [0.29, 0.717) is 11.3 Å². The molecule has 0 heterocycles. The van der Waals surface area contributed by atoms with Crippen LogP contribution in [-0.2, 0) is 0 Å². The zero-order valence-electron chi connectivity index (χ0n) is 13.4. The Morgan fingerprint density at radius 1 is 1.00 bits per heavy atom. The van der Waals surface area contributed by atoms with E-state index in [1.54, 1.807) is 37.2 Å². The number of allylic oxidation sites excluding steroid dienone is 2. The van der Waals surface area contributed by atoms with Crippen LogP contribution in [0.2, 0.25) is 0 Å². The van der Waals surface area contributed by atoms with Gasteiger partial charge in [-0.1, -0.05) is 65.1 Å². The van der Waals surface area contributed by atoms with Gasteiger partial charge in [-0.25, -0.2) is 5.01 Å². The zero-order chi connectivity index (χ0) is 18.3. The molecule has 1 aromatic carbocycles. The third-order valence-electron chi connectivity index (χ3n) is 3.15. The lowest BCUT2D eigenvalue weighted by atomic mass is 10.0. The Morgan fingerprint density at radius 3 is 1.96 bits per heavy atom. The summed E-state index contributed by atoms with van der Waals surface area (Å²) in [6.07, 6.45) is 1.72. The summed E-state index contributed by atoms with van der Waals surface area (Å²) in [5.74, 6) is 0. The van der Waals surface area contributed by atoms with E-state index in [1.807, 2.05) is 42.5 Å². The first-order valence-electron chi connectivity index (χ1n) is 6.77. The number of rotatable bonds is 5. The van der Waals surface area contributed by atoms with Crippen LogP contribution in [-0.4, -0.2) is 31.2 Å². The van der Waals surface area contributed by atoms with Gasteiger partial charge in [0.05, 0.1) is 10.7 Å². The molecule has 0 fully saturated rings. The fourth-order valence-electron chi connectivity index (χ4n) is 1.86. The van der Waals surface area contributed by atoms with E-state index in [1.165, 1.54) is 0 Å². The summed E-state index contributed by atoms with van der Waals surface area (Å²) in [5.41, 5.74) is 1.39. The Bertz CT molecular complexity index is 745. The summed E-state index contributed by atoms with van der Waals surface area (Å²) in [7, 11) is 5.24.